The summed E-state index contributed by atoms with van der Waals surface area (Å²) in [6.45, 7) is 2.13. The van der Waals surface area contributed by atoms with E-state index < -0.39 is 23.9 Å². The Morgan fingerprint density at radius 1 is 1.45 bits per heavy atom. The van der Waals surface area contributed by atoms with Crippen LogP contribution in [0.4, 0.5) is 4.79 Å². The minimum atomic E-state index is -0.876. The number of carboxylic acid groups (broad SMARTS) is 1. The Morgan fingerprint density at radius 2 is 2.10 bits per heavy atom. The third kappa shape index (κ3) is 4.52. The molecule has 3 N–H and O–H groups in total. The number of imide groups is 1. The number of carboxylic acids is 1. The summed E-state index contributed by atoms with van der Waals surface area (Å²) in [5.41, 5.74) is 0. The summed E-state index contributed by atoms with van der Waals surface area (Å²) in [4.78, 5) is 45.8. The van der Waals surface area contributed by atoms with Gasteiger partial charge < -0.3 is 15.7 Å². The zero-order chi connectivity index (χ0) is 15.3. The standard InChI is InChI=1S/C12H19N3O5/c1-7(3-4-10(17)18)6-13-12(20)14-8-5-9(16)15(2)11(8)19/h7-8H,3-6H2,1-2H3,(H,17,18)(H2,13,14,20). The summed E-state index contributed by atoms with van der Waals surface area (Å²) in [6, 6.07) is -1.35. The lowest BCUT2D eigenvalue weighted by molar-refractivity contribution is -0.138. The second-order valence-electron chi connectivity index (χ2n) is 4.94. The summed E-state index contributed by atoms with van der Waals surface area (Å²) in [5.74, 6) is -1.61. The molecular formula is C12H19N3O5. The van der Waals surface area contributed by atoms with Crippen molar-refractivity contribution in [2.45, 2.75) is 32.2 Å². The van der Waals surface area contributed by atoms with Gasteiger partial charge in [0.05, 0.1) is 6.42 Å². The van der Waals surface area contributed by atoms with Crippen molar-refractivity contribution in [3.63, 3.8) is 0 Å². The van der Waals surface area contributed by atoms with E-state index >= 15 is 0 Å². The van der Waals surface area contributed by atoms with Gasteiger partial charge in [0, 0.05) is 20.0 Å². The predicted octanol–water partition coefficient (Wildman–Crippen LogP) is -0.456. The topological polar surface area (TPSA) is 116 Å². The zero-order valence-corrected chi connectivity index (χ0v) is 11.5. The summed E-state index contributed by atoms with van der Waals surface area (Å²) in [5, 5.41) is 13.5. The van der Waals surface area contributed by atoms with Gasteiger partial charge in [-0.05, 0) is 12.3 Å². The lowest BCUT2D eigenvalue weighted by Crippen LogP contribution is -2.46. The maximum Gasteiger partial charge on any atom is 0.315 e. The molecule has 0 aliphatic carbocycles. The Labute approximate surface area is 116 Å². The zero-order valence-electron chi connectivity index (χ0n) is 11.5. The molecule has 2 atom stereocenters. The van der Waals surface area contributed by atoms with Crippen molar-refractivity contribution in [3.05, 3.63) is 0 Å². The number of nitrogens with one attached hydrogen (secondary N) is 2. The van der Waals surface area contributed by atoms with Gasteiger partial charge in [0.25, 0.3) is 5.91 Å². The fourth-order valence-corrected chi connectivity index (χ4v) is 1.82. The normalized spacial score (nSPS) is 19.9. The number of hydrogen-bond donors (Lipinski definition) is 3. The lowest BCUT2D eigenvalue weighted by atomic mass is 10.1. The number of rotatable bonds is 6. The first-order valence-electron chi connectivity index (χ1n) is 6.37. The van der Waals surface area contributed by atoms with Gasteiger partial charge in [0.15, 0.2) is 0 Å². The highest BCUT2D eigenvalue weighted by molar-refractivity contribution is 6.06. The molecule has 1 heterocycles. The van der Waals surface area contributed by atoms with E-state index in [9.17, 15) is 19.2 Å². The molecule has 0 radical (unpaired) electrons. The average molecular weight is 285 g/mol. The summed E-state index contributed by atoms with van der Waals surface area (Å²) < 4.78 is 0. The highest BCUT2D eigenvalue weighted by atomic mass is 16.4. The molecule has 4 amide bonds. The Bertz CT molecular complexity index is 423. The van der Waals surface area contributed by atoms with E-state index in [-0.39, 0.29) is 24.7 Å². The lowest BCUT2D eigenvalue weighted by Gasteiger charge is -2.14. The predicted molar refractivity (Wildman–Crippen MR) is 68.8 cm³/mol. The van der Waals surface area contributed by atoms with E-state index in [0.717, 1.165) is 4.90 Å². The van der Waals surface area contributed by atoms with E-state index in [1.54, 1.807) is 0 Å². The van der Waals surface area contributed by atoms with Crippen molar-refractivity contribution in [3.8, 4) is 0 Å². The van der Waals surface area contributed by atoms with Gasteiger partial charge in [0.2, 0.25) is 5.91 Å². The second kappa shape index (κ2) is 6.88. The van der Waals surface area contributed by atoms with Crippen molar-refractivity contribution in [2.24, 2.45) is 5.92 Å². The van der Waals surface area contributed by atoms with Gasteiger partial charge in [-0.15, -0.1) is 0 Å². The SMILES string of the molecule is CC(CCC(=O)O)CNC(=O)NC1CC(=O)N(C)C1=O. The summed E-state index contributed by atoms with van der Waals surface area (Å²) >= 11 is 0. The number of aliphatic carboxylic acids is 1. The molecule has 0 spiro atoms. The number of likely N-dealkylation sites (tertiary alicyclic amines) is 1. The van der Waals surface area contributed by atoms with Gasteiger partial charge in [-0.25, -0.2) is 4.79 Å². The molecule has 1 saturated heterocycles. The fourth-order valence-electron chi connectivity index (χ4n) is 1.82. The molecule has 112 valence electrons. The van der Waals surface area contributed by atoms with Gasteiger partial charge in [0.1, 0.15) is 6.04 Å². The maximum absolute atomic E-state index is 11.6. The largest absolute Gasteiger partial charge is 0.481 e. The van der Waals surface area contributed by atoms with Gasteiger partial charge in [-0.2, -0.15) is 0 Å². The van der Waals surface area contributed by atoms with Gasteiger partial charge in [-0.1, -0.05) is 6.92 Å². The molecule has 2 unspecified atom stereocenters. The first-order chi connectivity index (χ1) is 9.31. The number of nitrogens with zero attached hydrogens (tertiary/aromatic N) is 1. The van der Waals surface area contributed by atoms with Crippen molar-refractivity contribution in [1.29, 1.82) is 0 Å². The van der Waals surface area contributed by atoms with Crippen molar-refractivity contribution in [2.75, 3.05) is 13.6 Å². The van der Waals surface area contributed by atoms with Crippen LogP contribution >= 0.6 is 0 Å². The van der Waals surface area contributed by atoms with Crippen molar-refractivity contribution in [1.82, 2.24) is 15.5 Å². The highest BCUT2D eigenvalue weighted by Crippen LogP contribution is 2.10. The minimum absolute atomic E-state index is 0.0143. The van der Waals surface area contributed by atoms with E-state index in [1.807, 2.05) is 6.92 Å². The van der Waals surface area contributed by atoms with Gasteiger partial charge >= 0.3 is 12.0 Å². The molecule has 8 heteroatoms. The van der Waals surface area contributed by atoms with Crippen molar-refractivity contribution < 1.29 is 24.3 Å². The van der Waals surface area contributed by atoms with E-state index in [2.05, 4.69) is 10.6 Å². The summed E-state index contributed by atoms with van der Waals surface area (Å²) in [6.07, 6.45) is 0.474. The van der Waals surface area contributed by atoms with Crippen LogP contribution in [0, 0.1) is 5.92 Å². The maximum atomic E-state index is 11.6. The monoisotopic (exact) mass is 285 g/mol. The molecule has 1 rings (SSSR count). The Kier molecular flexibility index (Phi) is 5.48. The van der Waals surface area contributed by atoms with Crippen LogP contribution in [0.15, 0.2) is 0 Å². The van der Waals surface area contributed by atoms with Crippen LogP contribution in [-0.4, -0.2) is 53.5 Å². The second-order valence-corrected chi connectivity index (χ2v) is 4.94. The average Bonchev–Trinajstić information content (AvgIpc) is 2.61. The molecule has 1 aliphatic rings. The van der Waals surface area contributed by atoms with Gasteiger partial charge in [-0.3, -0.25) is 19.3 Å². The molecule has 0 bridgehead atoms. The molecule has 0 saturated carbocycles. The first kappa shape index (κ1) is 15.9. The number of carbonyl (C=O) groups excluding carboxylic acids is 3. The molecule has 0 aromatic heterocycles. The Morgan fingerprint density at radius 3 is 2.60 bits per heavy atom. The highest BCUT2D eigenvalue weighted by Gasteiger charge is 2.36. The number of amides is 4. The molecule has 0 aromatic carbocycles. The van der Waals surface area contributed by atoms with E-state index in [4.69, 9.17) is 5.11 Å². The molecule has 1 fully saturated rings. The molecule has 0 aromatic rings. The van der Waals surface area contributed by atoms with Crippen LogP contribution in [0.5, 0.6) is 0 Å². The van der Waals surface area contributed by atoms with Crippen LogP contribution in [0.25, 0.3) is 0 Å². The number of likely N-dealkylation sites (N-methyl/N-ethyl adjacent to an activating group) is 1. The van der Waals surface area contributed by atoms with Crippen LogP contribution in [-0.2, 0) is 14.4 Å². The van der Waals surface area contributed by atoms with E-state index in [0.29, 0.717) is 13.0 Å². The van der Waals surface area contributed by atoms with E-state index in [1.165, 1.54) is 7.05 Å². The number of carbonyl (C=O) groups is 4. The quantitative estimate of drug-likeness (QED) is 0.571. The number of hydrogen-bond acceptors (Lipinski definition) is 4. The smallest absolute Gasteiger partial charge is 0.315 e. The minimum Gasteiger partial charge on any atom is -0.481 e. The van der Waals surface area contributed by atoms with Crippen LogP contribution in [0.2, 0.25) is 0 Å². The van der Waals surface area contributed by atoms with Crippen LogP contribution in [0.1, 0.15) is 26.2 Å². The van der Waals surface area contributed by atoms with Crippen LogP contribution < -0.4 is 10.6 Å². The van der Waals surface area contributed by atoms with Crippen molar-refractivity contribution >= 4 is 23.8 Å². The molecule has 1 aliphatic heterocycles. The molecule has 20 heavy (non-hydrogen) atoms. The molecule has 8 nitrogen and oxygen atoms in total. The first-order valence-corrected chi connectivity index (χ1v) is 6.37. The molecular weight excluding hydrogens is 266 g/mol. The number of urea groups is 1. The third-order valence-corrected chi connectivity index (χ3v) is 3.15. The Balaban J connectivity index is 2.29. The van der Waals surface area contributed by atoms with Crippen LogP contribution in [0.3, 0.4) is 0 Å². The Hall–Kier alpha value is -2.12. The third-order valence-electron chi connectivity index (χ3n) is 3.15. The fraction of sp³-hybridized carbons (Fsp3) is 0.667. The summed E-state index contributed by atoms with van der Waals surface area (Å²) in [7, 11) is 1.37.